The van der Waals surface area contributed by atoms with E-state index in [1.165, 1.54) is 0 Å². The van der Waals surface area contributed by atoms with Crippen LogP contribution < -0.4 is 34.2 Å². The molecule has 3 aromatic carbocycles. The van der Waals surface area contributed by atoms with E-state index in [9.17, 15) is 29.2 Å². The number of carbonyl (C=O) groups excluding carboxylic acids is 3. The molecule has 392 valence electrons. The number of hydrogen-bond donors (Lipinski definition) is 2. The van der Waals surface area contributed by atoms with Crippen molar-refractivity contribution in [2.24, 2.45) is 33.1 Å². The number of carboxylic acids is 1. The molecule has 3 saturated carbocycles. The maximum atomic E-state index is 13.0. The number of likely N-dealkylation sites (tertiary alicyclic amines) is 3. The molecule has 3 saturated heterocycles. The van der Waals surface area contributed by atoms with E-state index in [2.05, 4.69) is 5.18 Å². The van der Waals surface area contributed by atoms with E-state index >= 15 is 0 Å². The molecular weight excluding hydrogens is 923 g/mol. The number of nitrogens with zero attached hydrogens (tertiary/aromatic N) is 4. The summed E-state index contributed by atoms with van der Waals surface area (Å²) in [5.74, 6) is 3.73. The van der Waals surface area contributed by atoms with Gasteiger partial charge in [0.2, 0.25) is 17.7 Å². The third kappa shape index (κ3) is 11.7. The van der Waals surface area contributed by atoms with Crippen molar-refractivity contribution in [3.8, 4) is 34.5 Å². The van der Waals surface area contributed by atoms with Gasteiger partial charge in [0, 0.05) is 80.2 Å². The lowest BCUT2D eigenvalue weighted by atomic mass is 9.68. The van der Waals surface area contributed by atoms with E-state index in [1.54, 1.807) is 42.7 Å². The van der Waals surface area contributed by atoms with Crippen LogP contribution in [-0.2, 0) is 38.8 Å². The van der Waals surface area contributed by atoms with Gasteiger partial charge in [-0.25, -0.2) is 0 Å². The molecule has 3 N–H and O–H groups in total. The first-order chi connectivity index (χ1) is 34.7. The zero-order valence-electron chi connectivity index (χ0n) is 43.1. The van der Waals surface area contributed by atoms with Gasteiger partial charge >= 0.3 is 5.97 Å². The van der Waals surface area contributed by atoms with E-state index in [1.807, 2.05) is 69.3 Å². The van der Waals surface area contributed by atoms with Gasteiger partial charge in [-0.3, -0.25) is 19.2 Å². The Morgan fingerprint density at radius 3 is 1.29 bits per heavy atom. The lowest BCUT2D eigenvalue weighted by molar-refractivity contribution is -0.147. The second-order valence-corrected chi connectivity index (χ2v) is 20.6. The quantitative estimate of drug-likeness (QED) is 0.146. The minimum atomic E-state index is -0.776. The molecule has 6 atom stereocenters. The van der Waals surface area contributed by atoms with E-state index in [-0.39, 0.29) is 40.6 Å². The summed E-state index contributed by atoms with van der Waals surface area (Å²) in [6.07, 6.45) is 12.4. The molecule has 3 aliphatic carbocycles. The first kappa shape index (κ1) is 53.7. The summed E-state index contributed by atoms with van der Waals surface area (Å²) in [7, 11) is 9.71. The topological polar surface area (TPSA) is 209 Å². The average Bonchev–Trinajstić information content (AvgIpc) is 3.98. The first-order valence-electron chi connectivity index (χ1n) is 25.5. The summed E-state index contributed by atoms with van der Waals surface area (Å²) in [5, 5.41) is 12.5. The Labute approximate surface area is 423 Å². The lowest BCUT2D eigenvalue weighted by Crippen LogP contribution is -2.42. The second-order valence-electron chi connectivity index (χ2n) is 20.6. The Balaban J connectivity index is 0.000000159. The fourth-order valence-corrected chi connectivity index (χ4v) is 12.4. The van der Waals surface area contributed by atoms with Gasteiger partial charge in [0.05, 0.1) is 70.9 Å². The van der Waals surface area contributed by atoms with Crippen molar-refractivity contribution in [1.82, 2.24) is 14.7 Å². The van der Waals surface area contributed by atoms with E-state index < -0.39 is 17.3 Å². The highest BCUT2D eigenvalue weighted by atomic mass is 16.5. The maximum absolute atomic E-state index is 13.0. The summed E-state index contributed by atoms with van der Waals surface area (Å²) in [6, 6.07) is 16.9. The predicted molar refractivity (Wildman–Crippen MR) is 270 cm³/mol. The van der Waals surface area contributed by atoms with Gasteiger partial charge in [0.25, 0.3) is 0 Å². The smallest absolute Gasteiger partial charge is 0.306 e. The Bertz CT molecular complexity index is 2420. The van der Waals surface area contributed by atoms with Crippen molar-refractivity contribution >= 4 is 23.7 Å². The van der Waals surface area contributed by atoms with Crippen LogP contribution in [0.3, 0.4) is 0 Å². The van der Waals surface area contributed by atoms with Gasteiger partial charge in [0.15, 0.2) is 0 Å². The van der Waals surface area contributed by atoms with Crippen LogP contribution >= 0.6 is 0 Å². The van der Waals surface area contributed by atoms with Crippen LogP contribution in [0.15, 0.2) is 59.8 Å². The van der Waals surface area contributed by atoms with Gasteiger partial charge < -0.3 is 54.0 Å². The largest absolute Gasteiger partial charge is 0.497 e. The molecule has 3 aliphatic heterocycles. The Kier molecular flexibility index (Phi) is 17.6. The number of carboxylic acid groups (broad SMARTS) is 1. The molecule has 17 nitrogen and oxygen atoms in total. The number of benzene rings is 3. The molecule has 0 unspecified atom stereocenters. The van der Waals surface area contributed by atoms with Crippen LogP contribution in [0.2, 0.25) is 0 Å². The number of hydrogen-bond acceptors (Lipinski definition) is 13. The second kappa shape index (κ2) is 23.6. The molecule has 17 heteroatoms. The number of ether oxygens (including phenoxy) is 6. The van der Waals surface area contributed by atoms with Gasteiger partial charge in [-0.05, 0) is 113 Å². The van der Waals surface area contributed by atoms with Crippen molar-refractivity contribution in [3.63, 3.8) is 0 Å². The maximum Gasteiger partial charge on any atom is 0.306 e. The number of amides is 3. The Morgan fingerprint density at radius 1 is 0.556 bits per heavy atom. The summed E-state index contributed by atoms with van der Waals surface area (Å²) in [6.45, 7) is 3.78. The summed E-state index contributed by atoms with van der Waals surface area (Å²) < 4.78 is 32.0. The molecule has 0 radical (unpaired) electrons. The number of nitroso groups, excluding NO2 is 1. The molecule has 72 heavy (non-hydrogen) atoms. The van der Waals surface area contributed by atoms with Crippen molar-refractivity contribution in [2.75, 3.05) is 62.3 Å². The van der Waals surface area contributed by atoms with Crippen LogP contribution in [0, 0.1) is 27.1 Å². The van der Waals surface area contributed by atoms with Gasteiger partial charge in [-0.2, -0.15) is 4.91 Å². The minimum Gasteiger partial charge on any atom is -0.497 e. The molecule has 6 fully saturated rings. The first-order valence-corrected chi connectivity index (χ1v) is 25.5. The number of nitrogens with two attached hydrogens (primary N) is 1. The van der Waals surface area contributed by atoms with Crippen LogP contribution in [-0.4, -0.2) is 118 Å². The molecule has 3 heterocycles. The molecule has 3 amide bonds. The lowest BCUT2D eigenvalue weighted by Gasteiger charge is -2.35. The molecule has 6 aliphatic rings. The molecule has 3 aromatic rings. The van der Waals surface area contributed by atoms with Gasteiger partial charge in [0.1, 0.15) is 34.5 Å². The van der Waals surface area contributed by atoms with Crippen LogP contribution in [0.5, 0.6) is 34.5 Å². The average molecular weight is 998 g/mol. The minimum absolute atomic E-state index is 0.0938. The molecule has 0 aromatic heterocycles. The zero-order chi connectivity index (χ0) is 51.6. The highest BCUT2D eigenvalue weighted by Crippen LogP contribution is 2.49. The predicted octanol–water partition coefficient (Wildman–Crippen LogP) is 8.15. The van der Waals surface area contributed by atoms with Crippen molar-refractivity contribution in [2.45, 2.75) is 128 Å². The van der Waals surface area contributed by atoms with E-state index in [0.29, 0.717) is 56.9 Å². The van der Waals surface area contributed by atoms with Crippen molar-refractivity contribution < 1.29 is 52.7 Å². The van der Waals surface area contributed by atoms with Crippen LogP contribution in [0.1, 0.15) is 113 Å². The molecule has 0 bridgehead atoms. The van der Waals surface area contributed by atoms with E-state index in [0.717, 1.165) is 130 Å². The number of carbonyl (C=O) groups is 4. The van der Waals surface area contributed by atoms with Gasteiger partial charge in [-0.1, -0.05) is 24.4 Å². The van der Waals surface area contributed by atoms with Gasteiger partial charge in [-0.15, -0.1) is 0 Å². The number of rotatable bonds is 14. The molecule has 3 spiro atoms. The molecular formula is C55H75N5O12. The normalized spacial score (nSPS) is 26.7. The third-order valence-electron chi connectivity index (χ3n) is 16.4. The summed E-state index contributed by atoms with van der Waals surface area (Å²) >= 11 is 0. The van der Waals surface area contributed by atoms with Crippen molar-refractivity contribution in [1.29, 1.82) is 0 Å². The summed E-state index contributed by atoms with van der Waals surface area (Å²) in [4.78, 5) is 67.0. The van der Waals surface area contributed by atoms with E-state index in [4.69, 9.17) is 34.2 Å². The SMILES string of the molecule is COc1ccc(CN2CC[C@]3(CCC[C@H](C(=O)O)C3)C2=O)c(OC)c1.COc1ccc(CN2CC[C@]3(CCC[C@H](N)C3)C2=O)c(OC)c1.COc1ccc(CN2CC[C@]3(CCC[C@H](N=O)C3)C2=O)c(OC)c1. The monoisotopic (exact) mass is 998 g/mol. The highest BCUT2D eigenvalue weighted by Gasteiger charge is 2.52. The third-order valence-corrected chi connectivity index (χ3v) is 16.4. The standard InChI is InChI=1S/C19H25NO5.C18H24N2O4.C18H26N2O3/c1-24-15-6-5-14(16(10-15)25-2)12-20-9-8-19(18(20)23)7-3-4-13(11-19)17(21)22;1-23-15-6-5-13(16(10-15)24-2)12-20-9-8-18(17(20)21)7-3-4-14(11-18)19-22;1-22-15-6-5-13(16(10-15)23-2)12-20-9-8-18(17(20)21)7-3-4-14(19)11-18/h5-6,10,13H,3-4,7-9,11-12H2,1-2H3,(H,21,22);5-6,10,14H,3-4,7-9,11-12H2,1-2H3;5-6,10,14H,3-4,7-9,11-12,19H2,1-2H3/t13-,19-;2*14-,18-/m000/s1. The fourth-order valence-electron chi connectivity index (χ4n) is 12.4. The Hall–Kier alpha value is -6.10. The molecule has 9 rings (SSSR count). The Morgan fingerprint density at radius 2 is 0.931 bits per heavy atom. The highest BCUT2D eigenvalue weighted by molar-refractivity contribution is 5.87. The van der Waals surface area contributed by atoms with Crippen LogP contribution in [0.4, 0.5) is 0 Å². The fraction of sp³-hybridized carbons (Fsp3) is 0.600. The zero-order valence-corrected chi connectivity index (χ0v) is 43.1. The van der Waals surface area contributed by atoms with Crippen molar-refractivity contribution in [3.05, 3.63) is 76.2 Å². The number of methoxy groups -OCH3 is 6. The summed E-state index contributed by atoms with van der Waals surface area (Å²) in [5.41, 5.74) is 7.95. The number of aliphatic carboxylic acids is 1. The van der Waals surface area contributed by atoms with Crippen LogP contribution in [0.25, 0.3) is 0 Å².